The van der Waals surface area contributed by atoms with Crippen LogP contribution in [0.2, 0.25) is 0 Å². The number of hydrogen-bond acceptors (Lipinski definition) is 5. The molecule has 3 aromatic heterocycles. The Hall–Kier alpha value is -3.49. The van der Waals surface area contributed by atoms with Gasteiger partial charge < -0.3 is 4.57 Å². The molecule has 1 N–H and O–H groups in total. The highest BCUT2D eigenvalue weighted by molar-refractivity contribution is 5.77. The number of unbranched alkanes of at least 4 members (excludes halogenated alkanes) is 1. The molecule has 9 nitrogen and oxygen atoms in total. The minimum atomic E-state index is -0.470. The van der Waals surface area contributed by atoms with E-state index in [1.54, 1.807) is 22.8 Å². The molecule has 9 heteroatoms. The standard InChI is InChI=1S/C20H22N6O3/c1-3-5-10-26-17-16(18(27)23-20(26)29)25(4-2)15(22-17)11-24-12-21-14-9-7-6-8-13(14)19(24)28/h6-9,12H,3-5,10-11H2,1-2H3,(H,23,27,29). The molecule has 0 bridgehead atoms. The maximum atomic E-state index is 12.8. The molecule has 3 heterocycles. The number of aromatic nitrogens is 6. The van der Waals surface area contributed by atoms with E-state index in [4.69, 9.17) is 0 Å². The Morgan fingerprint density at radius 3 is 2.62 bits per heavy atom. The van der Waals surface area contributed by atoms with Gasteiger partial charge in [-0.15, -0.1) is 0 Å². The number of H-pyrrole nitrogens is 1. The second kappa shape index (κ2) is 7.50. The number of benzene rings is 1. The Balaban J connectivity index is 1.89. The monoisotopic (exact) mass is 394 g/mol. The predicted octanol–water partition coefficient (Wildman–Crippen LogP) is 1.46. The maximum absolute atomic E-state index is 12.8. The van der Waals surface area contributed by atoms with Gasteiger partial charge in [0, 0.05) is 13.1 Å². The van der Waals surface area contributed by atoms with Crippen molar-refractivity contribution in [1.29, 1.82) is 0 Å². The lowest BCUT2D eigenvalue weighted by Crippen LogP contribution is -2.31. The third-order valence-electron chi connectivity index (χ3n) is 5.06. The van der Waals surface area contributed by atoms with Crippen LogP contribution < -0.4 is 16.8 Å². The van der Waals surface area contributed by atoms with Crippen LogP contribution in [0.3, 0.4) is 0 Å². The Morgan fingerprint density at radius 1 is 1.07 bits per heavy atom. The topological polar surface area (TPSA) is 108 Å². The van der Waals surface area contributed by atoms with Gasteiger partial charge in [-0.2, -0.15) is 0 Å². The molecule has 0 atom stereocenters. The summed E-state index contributed by atoms with van der Waals surface area (Å²) in [7, 11) is 0. The minimum absolute atomic E-state index is 0.153. The van der Waals surface area contributed by atoms with Crippen LogP contribution in [0.5, 0.6) is 0 Å². The zero-order valence-electron chi connectivity index (χ0n) is 16.4. The normalized spacial score (nSPS) is 11.5. The van der Waals surface area contributed by atoms with Crippen LogP contribution in [-0.2, 0) is 19.6 Å². The van der Waals surface area contributed by atoms with Crippen molar-refractivity contribution >= 4 is 22.1 Å². The molecule has 29 heavy (non-hydrogen) atoms. The molecule has 0 saturated heterocycles. The number of aryl methyl sites for hydroxylation is 2. The molecular weight excluding hydrogens is 372 g/mol. The fourth-order valence-corrected chi connectivity index (χ4v) is 3.57. The number of imidazole rings is 1. The van der Waals surface area contributed by atoms with E-state index in [1.165, 1.54) is 15.5 Å². The number of hydrogen-bond donors (Lipinski definition) is 1. The fourth-order valence-electron chi connectivity index (χ4n) is 3.57. The van der Waals surface area contributed by atoms with Crippen molar-refractivity contribution in [3.05, 3.63) is 67.6 Å². The van der Waals surface area contributed by atoms with E-state index in [-0.39, 0.29) is 12.1 Å². The van der Waals surface area contributed by atoms with E-state index in [2.05, 4.69) is 15.0 Å². The first-order valence-corrected chi connectivity index (χ1v) is 9.71. The van der Waals surface area contributed by atoms with Crippen LogP contribution in [0.1, 0.15) is 32.5 Å². The predicted molar refractivity (Wildman–Crippen MR) is 110 cm³/mol. The van der Waals surface area contributed by atoms with Crippen molar-refractivity contribution in [2.45, 2.75) is 46.3 Å². The highest BCUT2D eigenvalue weighted by atomic mass is 16.2. The SMILES string of the molecule is CCCCn1c(=O)[nH]c(=O)c2c1nc(Cn1cnc3ccccc3c1=O)n2CC. The summed E-state index contributed by atoms with van der Waals surface area (Å²) in [6.45, 7) is 5.04. The lowest BCUT2D eigenvalue weighted by Gasteiger charge is -2.08. The van der Waals surface area contributed by atoms with E-state index >= 15 is 0 Å². The van der Waals surface area contributed by atoms with Crippen molar-refractivity contribution in [2.75, 3.05) is 0 Å². The van der Waals surface area contributed by atoms with E-state index < -0.39 is 11.2 Å². The van der Waals surface area contributed by atoms with E-state index in [0.717, 1.165) is 12.8 Å². The Bertz CT molecular complexity index is 1380. The van der Waals surface area contributed by atoms with Gasteiger partial charge in [0.05, 0.1) is 23.8 Å². The van der Waals surface area contributed by atoms with Crippen molar-refractivity contribution in [3.8, 4) is 0 Å². The molecule has 150 valence electrons. The van der Waals surface area contributed by atoms with Crippen LogP contribution in [0.25, 0.3) is 22.1 Å². The fraction of sp³-hybridized carbons (Fsp3) is 0.350. The Morgan fingerprint density at radius 2 is 1.86 bits per heavy atom. The van der Waals surface area contributed by atoms with Gasteiger partial charge in [0.2, 0.25) is 0 Å². The van der Waals surface area contributed by atoms with Crippen LogP contribution >= 0.6 is 0 Å². The molecule has 0 aliphatic rings. The molecule has 0 amide bonds. The first kappa shape index (κ1) is 18.9. The summed E-state index contributed by atoms with van der Waals surface area (Å²) < 4.78 is 4.72. The smallest absolute Gasteiger partial charge is 0.321 e. The molecular formula is C20H22N6O3. The average Bonchev–Trinajstić information content (AvgIpc) is 3.08. The number of nitrogens with one attached hydrogen (secondary N) is 1. The quantitative estimate of drug-likeness (QED) is 0.533. The summed E-state index contributed by atoms with van der Waals surface area (Å²) in [6.07, 6.45) is 3.19. The molecule has 0 radical (unpaired) electrons. The maximum Gasteiger partial charge on any atom is 0.330 e. The summed E-state index contributed by atoms with van der Waals surface area (Å²) in [5.74, 6) is 0.531. The van der Waals surface area contributed by atoms with Crippen LogP contribution in [0, 0.1) is 0 Å². The van der Waals surface area contributed by atoms with E-state index in [1.807, 2.05) is 19.9 Å². The second-order valence-corrected chi connectivity index (χ2v) is 6.90. The molecule has 0 aliphatic carbocycles. The Labute approximate surface area is 165 Å². The van der Waals surface area contributed by atoms with Crippen molar-refractivity contribution in [1.82, 2.24) is 28.7 Å². The summed E-state index contributed by atoms with van der Waals surface area (Å²) in [5.41, 5.74) is 0.214. The summed E-state index contributed by atoms with van der Waals surface area (Å²) in [4.78, 5) is 49.0. The van der Waals surface area contributed by atoms with Gasteiger partial charge >= 0.3 is 5.69 Å². The van der Waals surface area contributed by atoms with Gasteiger partial charge in [-0.25, -0.2) is 14.8 Å². The summed E-state index contributed by atoms with van der Waals surface area (Å²) in [6, 6.07) is 7.14. The molecule has 4 rings (SSSR count). The van der Waals surface area contributed by atoms with Gasteiger partial charge in [0.25, 0.3) is 11.1 Å². The molecule has 0 saturated carbocycles. The van der Waals surface area contributed by atoms with Crippen molar-refractivity contribution in [3.63, 3.8) is 0 Å². The van der Waals surface area contributed by atoms with Gasteiger partial charge in [-0.1, -0.05) is 25.5 Å². The molecule has 0 aliphatic heterocycles. The largest absolute Gasteiger partial charge is 0.330 e. The third kappa shape index (κ3) is 3.18. The zero-order chi connectivity index (χ0) is 20.5. The second-order valence-electron chi connectivity index (χ2n) is 6.90. The van der Waals surface area contributed by atoms with Crippen molar-refractivity contribution < 1.29 is 0 Å². The average molecular weight is 394 g/mol. The van der Waals surface area contributed by atoms with Gasteiger partial charge in [0.1, 0.15) is 5.82 Å². The summed E-state index contributed by atoms with van der Waals surface area (Å²) in [5, 5.41) is 0.520. The summed E-state index contributed by atoms with van der Waals surface area (Å²) >= 11 is 0. The number of para-hydroxylation sites is 1. The van der Waals surface area contributed by atoms with Crippen molar-refractivity contribution in [2.24, 2.45) is 0 Å². The van der Waals surface area contributed by atoms with Crippen LogP contribution in [0.4, 0.5) is 0 Å². The molecule has 0 fully saturated rings. The van der Waals surface area contributed by atoms with E-state index in [0.29, 0.717) is 41.0 Å². The molecule has 0 unspecified atom stereocenters. The van der Waals surface area contributed by atoms with Crippen LogP contribution in [0.15, 0.2) is 45.0 Å². The highest BCUT2D eigenvalue weighted by Crippen LogP contribution is 2.13. The lowest BCUT2D eigenvalue weighted by molar-refractivity contribution is 0.612. The van der Waals surface area contributed by atoms with Crippen LogP contribution in [-0.4, -0.2) is 28.7 Å². The van der Waals surface area contributed by atoms with E-state index in [9.17, 15) is 14.4 Å². The highest BCUT2D eigenvalue weighted by Gasteiger charge is 2.18. The molecule has 1 aromatic carbocycles. The number of aromatic amines is 1. The minimum Gasteiger partial charge on any atom is -0.321 e. The third-order valence-corrected chi connectivity index (χ3v) is 5.06. The lowest BCUT2D eigenvalue weighted by atomic mass is 10.2. The first-order valence-electron chi connectivity index (χ1n) is 9.71. The molecule has 4 aromatic rings. The Kier molecular flexibility index (Phi) is 4.87. The number of fused-ring (bicyclic) bond motifs is 2. The number of nitrogens with zero attached hydrogens (tertiary/aromatic N) is 5. The van der Waals surface area contributed by atoms with Gasteiger partial charge in [-0.3, -0.25) is 23.7 Å². The van der Waals surface area contributed by atoms with Gasteiger partial charge in [-0.05, 0) is 25.5 Å². The zero-order valence-corrected chi connectivity index (χ0v) is 16.4. The number of rotatable bonds is 6. The van der Waals surface area contributed by atoms with Gasteiger partial charge in [0.15, 0.2) is 11.2 Å². The first-order chi connectivity index (χ1) is 14.0. The molecule has 0 spiro atoms.